The molecule has 2 aliphatic heterocycles. The minimum Gasteiger partial charge on any atom is -0.376 e. The third-order valence-corrected chi connectivity index (χ3v) is 4.69. The Morgan fingerprint density at radius 1 is 1.33 bits per heavy atom. The summed E-state index contributed by atoms with van der Waals surface area (Å²) < 4.78 is 5.58. The van der Waals surface area contributed by atoms with E-state index >= 15 is 0 Å². The second kappa shape index (κ2) is 8.59. The molecule has 2 atom stereocenters. The van der Waals surface area contributed by atoms with E-state index in [1.807, 2.05) is 6.92 Å². The normalized spacial score (nSPS) is 25.7. The topological polar surface area (TPSA) is 53.6 Å². The van der Waals surface area contributed by atoms with Gasteiger partial charge in [0.25, 0.3) is 0 Å². The van der Waals surface area contributed by atoms with Crippen molar-refractivity contribution in [3.63, 3.8) is 0 Å². The van der Waals surface area contributed by atoms with Crippen molar-refractivity contribution < 1.29 is 9.53 Å². The van der Waals surface area contributed by atoms with Gasteiger partial charge in [-0.2, -0.15) is 0 Å². The molecule has 2 unspecified atom stereocenters. The van der Waals surface area contributed by atoms with Crippen LogP contribution in [0.15, 0.2) is 0 Å². The molecule has 0 spiro atoms. The number of likely N-dealkylation sites (tertiary alicyclic amines) is 1. The second-order valence-corrected chi connectivity index (χ2v) is 6.62. The lowest BCUT2D eigenvalue weighted by Gasteiger charge is -2.30. The lowest BCUT2D eigenvalue weighted by atomic mass is 9.99. The van der Waals surface area contributed by atoms with Crippen molar-refractivity contribution in [3.05, 3.63) is 0 Å². The first-order valence-corrected chi connectivity index (χ1v) is 8.53. The summed E-state index contributed by atoms with van der Waals surface area (Å²) in [7, 11) is 0. The summed E-state index contributed by atoms with van der Waals surface area (Å²) in [5.41, 5.74) is 0. The third kappa shape index (κ3) is 5.83. The van der Waals surface area contributed by atoms with E-state index in [1.54, 1.807) is 0 Å². The number of amides is 2. The summed E-state index contributed by atoms with van der Waals surface area (Å²) in [5, 5.41) is 5.93. The molecule has 0 aromatic rings. The zero-order valence-corrected chi connectivity index (χ0v) is 13.6. The SMILES string of the molecule is CC1CCN(CCCNC(=O)NC(C)C2CCCO2)CC1. The lowest BCUT2D eigenvalue weighted by Crippen LogP contribution is -2.46. The maximum Gasteiger partial charge on any atom is 0.315 e. The second-order valence-electron chi connectivity index (χ2n) is 6.62. The maximum atomic E-state index is 11.8. The van der Waals surface area contributed by atoms with Crippen LogP contribution < -0.4 is 10.6 Å². The molecule has 2 amide bonds. The number of ether oxygens (including phenoxy) is 1. The van der Waals surface area contributed by atoms with Crippen molar-refractivity contribution in [1.29, 1.82) is 0 Å². The molecule has 2 aliphatic rings. The number of piperidine rings is 1. The smallest absolute Gasteiger partial charge is 0.315 e. The fourth-order valence-corrected chi connectivity index (χ4v) is 3.14. The Hall–Kier alpha value is -0.810. The van der Waals surface area contributed by atoms with E-state index in [-0.39, 0.29) is 18.2 Å². The van der Waals surface area contributed by atoms with Crippen LogP contribution in [0.25, 0.3) is 0 Å². The molecule has 0 aromatic heterocycles. The fraction of sp³-hybridized carbons (Fsp3) is 0.938. The van der Waals surface area contributed by atoms with Crippen molar-refractivity contribution in [2.75, 3.05) is 32.8 Å². The zero-order valence-electron chi connectivity index (χ0n) is 13.6. The molecule has 21 heavy (non-hydrogen) atoms. The van der Waals surface area contributed by atoms with Crippen LogP contribution in [0, 0.1) is 5.92 Å². The van der Waals surface area contributed by atoms with Crippen LogP contribution in [0.4, 0.5) is 4.79 Å². The molecule has 0 saturated carbocycles. The highest BCUT2D eigenvalue weighted by Gasteiger charge is 2.23. The molecule has 2 rings (SSSR count). The van der Waals surface area contributed by atoms with E-state index in [4.69, 9.17) is 4.74 Å². The summed E-state index contributed by atoms with van der Waals surface area (Å²) in [6, 6.07) is 0.0290. The molecule has 0 bridgehead atoms. The van der Waals surface area contributed by atoms with Crippen molar-refractivity contribution >= 4 is 6.03 Å². The van der Waals surface area contributed by atoms with Crippen LogP contribution in [-0.2, 0) is 4.74 Å². The molecular weight excluding hydrogens is 266 g/mol. The number of hydrogen-bond acceptors (Lipinski definition) is 3. The van der Waals surface area contributed by atoms with Gasteiger partial charge < -0.3 is 20.3 Å². The predicted octanol–water partition coefficient (Wildman–Crippen LogP) is 1.98. The fourth-order valence-electron chi connectivity index (χ4n) is 3.14. The number of carbonyl (C=O) groups is 1. The minimum atomic E-state index is -0.0646. The average Bonchev–Trinajstić information content (AvgIpc) is 3.00. The van der Waals surface area contributed by atoms with Gasteiger partial charge in [-0.3, -0.25) is 0 Å². The first kappa shape index (κ1) is 16.6. The molecule has 2 N–H and O–H groups in total. The molecule has 2 fully saturated rings. The molecular formula is C16H31N3O2. The van der Waals surface area contributed by atoms with Crippen molar-refractivity contribution in [2.24, 2.45) is 5.92 Å². The number of hydrogen-bond donors (Lipinski definition) is 2. The van der Waals surface area contributed by atoms with E-state index in [9.17, 15) is 4.79 Å². The highest BCUT2D eigenvalue weighted by molar-refractivity contribution is 5.74. The highest BCUT2D eigenvalue weighted by atomic mass is 16.5. The largest absolute Gasteiger partial charge is 0.376 e. The van der Waals surface area contributed by atoms with E-state index in [1.165, 1.54) is 25.9 Å². The van der Waals surface area contributed by atoms with Crippen LogP contribution in [0.5, 0.6) is 0 Å². The molecule has 2 heterocycles. The van der Waals surface area contributed by atoms with E-state index < -0.39 is 0 Å². The van der Waals surface area contributed by atoms with Gasteiger partial charge in [0.2, 0.25) is 0 Å². The third-order valence-electron chi connectivity index (χ3n) is 4.69. The Morgan fingerprint density at radius 3 is 2.76 bits per heavy atom. The highest BCUT2D eigenvalue weighted by Crippen LogP contribution is 2.16. The van der Waals surface area contributed by atoms with Gasteiger partial charge in [0, 0.05) is 13.2 Å². The van der Waals surface area contributed by atoms with Crippen LogP contribution in [0.2, 0.25) is 0 Å². The summed E-state index contributed by atoms with van der Waals surface area (Å²) >= 11 is 0. The van der Waals surface area contributed by atoms with Gasteiger partial charge in [0.1, 0.15) is 0 Å². The summed E-state index contributed by atoms with van der Waals surface area (Å²) in [6.07, 6.45) is 5.99. The van der Waals surface area contributed by atoms with Crippen molar-refractivity contribution in [1.82, 2.24) is 15.5 Å². The Labute approximate surface area is 128 Å². The minimum absolute atomic E-state index is 0.0646. The number of nitrogens with one attached hydrogen (secondary N) is 2. The Morgan fingerprint density at radius 2 is 2.10 bits per heavy atom. The van der Waals surface area contributed by atoms with Gasteiger partial charge in [-0.05, 0) is 64.6 Å². The number of carbonyl (C=O) groups excluding carboxylic acids is 1. The van der Waals surface area contributed by atoms with Gasteiger partial charge in [0.15, 0.2) is 0 Å². The molecule has 0 radical (unpaired) electrons. The molecule has 2 saturated heterocycles. The Balaban J connectivity index is 1.50. The van der Waals surface area contributed by atoms with Gasteiger partial charge in [-0.15, -0.1) is 0 Å². The number of urea groups is 1. The Bertz CT molecular complexity index is 311. The van der Waals surface area contributed by atoms with Gasteiger partial charge in [0.05, 0.1) is 12.1 Å². The van der Waals surface area contributed by atoms with E-state index in [2.05, 4.69) is 22.5 Å². The van der Waals surface area contributed by atoms with Crippen LogP contribution in [0.1, 0.15) is 46.0 Å². The Kier molecular flexibility index (Phi) is 6.77. The molecule has 0 aromatic carbocycles. The van der Waals surface area contributed by atoms with Crippen LogP contribution in [0.3, 0.4) is 0 Å². The van der Waals surface area contributed by atoms with E-state index in [0.717, 1.165) is 44.9 Å². The first-order valence-electron chi connectivity index (χ1n) is 8.53. The summed E-state index contributed by atoms with van der Waals surface area (Å²) in [5.74, 6) is 0.879. The van der Waals surface area contributed by atoms with Crippen molar-refractivity contribution in [3.8, 4) is 0 Å². The predicted molar refractivity (Wildman–Crippen MR) is 84.4 cm³/mol. The van der Waals surface area contributed by atoms with Crippen molar-refractivity contribution in [2.45, 2.75) is 58.1 Å². The molecule has 122 valence electrons. The lowest BCUT2D eigenvalue weighted by molar-refractivity contribution is 0.0860. The molecule has 5 heteroatoms. The zero-order chi connectivity index (χ0) is 15.1. The standard InChI is InChI=1S/C16H31N3O2/c1-13-6-10-19(11-7-13)9-4-8-17-16(20)18-14(2)15-5-3-12-21-15/h13-15H,3-12H2,1-2H3,(H2,17,18,20). The first-order chi connectivity index (χ1) is 10.1. The average molecular weight is 297 g/mol. The number of rotatable bonds is 6. The monoisotopic (exact) mass is 297 g/mol. The summed E-state index contributed by atoms with van der Waals surface area (Å²) in [4.78, 5) is 14.3. The van der Waals surface area contributed by atoms with Crippen LogP contribution >= 0.6 is 0 Å². The summed E-state index contributed by atoms with van der Waals surface area (Å²) in [6.45, 7) is 9.44. The van der Waals surface area contributed by atoms with E-state index in [0.29, 0.717) is 0 Å². The quantitative estimate of drug-likeness (QED) is 0.737. The molecule has 5 nitrogen and oxygen atoms in total. The van der Waals surface area contributed by atoms with Gasteiger partial charge >= 0.3 is 6.03 Å². The maximum absolute atomic E-state index is 11.8. The number of nitrogens with zero attached hydrogens (tertiary/aromatic N) is 1. The van der Waals surface area contributed by atoms with Crippen LogP contribution in [-0.4, -0.2) is 55.9 Å². The molecule has 0 aliphatic carbocycles. The van der Waals surface area contributed by atoms with Gasteiger partial charge in [-0.25, -0.2) is 4.79 Å². The van der Waals surface area contributed by atoms with Gasteiger partial charge in [-0.1, -0.05) is 6.92 Å².